The maximum atomic E-state index is 13.4. The minimum atomic E-state index is -0.122. The van der Waals surface area contributed by atoms with Crippen LogP contribution in [0.5, 0.6) is 0 Å². The molecule has 0 N–H and O–H groups in total. The van der Waals surface area contributed by atoms with E-state index in [1.165, 1.54) is 11.1 Å². The predicted octanol–water partition coefficient (Wildman–Crippen LogP) is 7.03. The van der Waals surface area contributed by atoms with Crippen LogP contribution in [-0.4, -0.2) is 5.91 Å². The van der Waals surface area contributed by atoms with Crippen molar-refractivity contribution in [3.63, 3.8) is 0 Å². The first-order chi connectivity index (χ1) is 14.0. The predicted molar refractivity (Wildman–Crippen MR) is 124 cm³/mol. The summed E-state index contributed by atoms with van der Waals surface area (Å²) in [4.78, 5) is 16.0. The van der Waals surface area contributed by atoms with E-state index in [0.29, 0.717) is 5.02 Å². The quantitative estimate of drug-likeness (QED) is 0.423. The van der Waals surface area contributed by atoms with Gasteiger partial charge in [0.05, 0.1) is 4.91 Å². The summed E-state index contributed by atoms with van der Waals surface area (Å²) in [6.07, 6.45) is 2.99. The van der Waals surface area contributed by atoms with Gasteiger partial charge in [-0.15, -0.1) is 0 Å². The second-order valence-corrected chi connectivity index (χ2v) is 8.69. The summed E-state index contributed by atoms with van der Waals surface area (Å²) < 4.78 is 0. The Kier molecular flexibility index (Phi) is 5.79. The Morgan fingerprint density at radius 1 is 0.966 bits per heavy atom. The third-order valence-corrected chi connectivity index (χ3v) is 6.56. The van der Waals surface area contributed by atoms with Gasteiger partial charge in [0.15, 0.2) is 0 Å². The van der Waals surface area contributed by atoms with Crippen LogP contribution in [0.2, 0.25) is 5.02 Å². The fourth-order valence-electron chi connectivity index (χ4n) is 3.35. The van der Waals surface area contributed by atoms with Gasteiger partial charge in [0.1, 0.15) is 5.37 Å². The first-order valence-corrected chi connectivity index (χ1v) is 10.9. The van der Waals surface area contributed by atoms with Crippen molar-refractivity contribution in [2.24, 2.45) is 0 Å². The van der Waals surface area contributed by atoms with E-state index in [9.17, 15) is 4.79 Å². The number of rotatable bonds is 4. The number of anilines is 1. The lowest BCUT2D eigenvalue weighted by atomic mass is 10.1. The van der Waals surface area contributed by atoms with Gasteiger partial charge in [-0.25, -0.2) is 0 Å². The molecule has 1 heterocycles. The Labute approximate surface area is 181 Å². The minimum absolute atomic E-state index is 0.0263. The van der Waals surface area contributed by atoms with Crippen molar-refractivity contribution in [2.75, 3.05) is 4.90 Å². The zero-order chi connectivity index (χ0) is 20.4. The molecule has 0 saturated carbocycles. The lowest BCUT2D eigenvalue weighted by Crippen LogP contribution is -2.27. The molecule has 29 heavy (non-hydrogen) atoms. The van der Waals surface area contributed by atoms with Crippen LogP contribution in [0.15, 0.2) is 77.7 Å². The maximum Gasteiger partial charge on any atom is 0.266 e. The second kappa shape index (κ2) is 8.48. The molecule has 0 aromatic heterocycles. The van der Waals surface area contributed by atoms with E-state index in [4.69, 9.17) is 11.6 Å². The van der Waals surface area contributed by atoms with Gasteiger partial charge < -0.3 is 0 Å². The molecule has 2 nitrogen and oxygen atoms in total. The average Bonchev–Trinajstić information content (AvgIpc) is 3.06. The number of halogens is 1. The lowest BCUT2D eigenvalue weighted by Gasteiger charge is -2.24. The number of carbonyl (C=O) groups is 1. The van der Waals surface area contributed by atoms with Gasteiger partial charge in [-0.3, -0.25) is 9.69 Å². The molecule has 1 amide bonds. The van der Waals surface area contributed by atoms with Crippen LogP contribution >= 0.6 is 23.4 Å². The molecule has 0 unspecified atom stereocenters. The molecular weight excluding hydrogens is 398 g/mol. The maximum absolute atomic E-state index is 13.4. The first-order valence-electron chi connectivity index (χ1n) is 9.68. The van der Waals surface area contributed by atoms with Gasteiger partial charge in [-0.2, -0.15) is 0 Å². The van der Waals surface area contributed by atoms with E-state index in [1.54, 1.807) is 11.8 Å². The molecular formula is C25H22ClNOS. The van der Waals surface area contributed by atoms with Crippen LogP contribution in [0, 0.1) is 6.92 Å². The summed E-state index contributed by atoms with van der Waals surface area (Å²) in [5.41, 5.74) is 5.45. The minimum Gasteiger partial charge on any atom is -0.291 e. The number of hydrogen-bond acceptors (Lipinski definition) is 2. The van der Waals surface area contributed by atoms with Crippen molar-refractivity contribution in [3.05, 3.63) is 105 Å². The Morgan fingerprint density at radius 2 is 1.62 bits per heavy atom. The van der Waals surface area contributed by atoms with E-state index in [1.807, 2.05) is 66.4 Å². The Bertz CT molecular complexity index is 1040. The smallest absolute Gasteiger partial charge is 0.266 e. The summed E-state index contributed by atoms with van der Waals surface area (Å²) >= 11 is 7.66. The number of aryl methyl sites for hydroxylation is 2. The number of amides is 1. The van der Waals surface area contributed by atoms with E-state index < -0.39 is 0 Å². The molecule has 0 bridgehead atoms. The topological polar surface area (TPSA) is 20.3 Å². The molecule has 4 heteroatoms. The zero-order valence-corrected chi connectivity index (χ0v) is 18.0. The molecule has 1 saturated heterocycles. The number of carbonyl (C=O) groups excluding carboxylic acids is 1. The van der Waals surface area contributed by atoms with Crippen LogP contribution in [0.1, 0.15) is 34.6 Å². The lowest BCUT2D eigenvalue weighted by molar-refractivity contribution is -0.114. The Balaban J connectivity index is 1.73. The fraction of sp³-hybridized carbons (Fsp3) is 0.160. The summed E-state index contributed by atoms with van der Waals surface area (Å²) in [7, 11) is 0. The highest BCUT2D eigenvalue weighted by Crippen LogP contribution is 2.48. The zero-order valence-electron chi connectivity index (χ0n) is 16.4. The van der Waals surface area contributed by atoms with Gasteiger partial charge in [0.25, 0.3) is 5.91 Å². The largest absolute Gasteiger partial charge is 0.291 e. The molecule has 1 aliphatic heterocycles. The number of nitrogens with zero attached hydrogens (tertiary/aromatic N) is 1. The first kappa shape index (κ1) is 19.8. The van der Waals surface area contributed by atoms with E-state index in [0.717, 1.165) is 28.1 Å². The molecule has 0 radical (unpaired) electrons. The monoisotopic (exact) mass is 419 g/mol. The average molecular weight is 420 g/mol. The van der Waals surface area contributed by atoms with Gasteiger partial charge in [0.2, 0.25) is 0 Å². The van der Waals surface area contributed by atoms with Crippen molar-refractivity contribution in [2.45, 2.75) is 25.6 Å². The molecule has 146 valence electrons. The Morgan fingerprint density at radius 3 is 2.24 bits per heavy atom. The normalized spacial score (nSPS) is 17.9. The van der Waals surface area contributed by atoms with Crippen molar-refractivity contribution in [1.29, 1.82) is 0 Å². The van der Waals surface area contributed by atoms with Crippen molar-refractivity contribution in [3.8, 4) is 0 Å². The SMILES string of the molecule is CCc1ccc(/C=C2/S[C@@H](c3ccc(Cl)cc3)N(c3ccc(C)cc3)C2=O)cc1. The van der Waals surface area contributed by atoms with Gasteiger partial charge in [-0.05, 0) is 60.4 Å². The van der Waals surface area contributed by atoms with Crippen molar-refractivity contribution < 1.29 is 4.79 Å². The summed E-state index contributed by atoms with van der Waals surface area (Å²) in [6, 6.07) is 24.2. The standard InChI is InChI=1S/C25H22ClNOS/c1-3-18-6-8-19(9-7-18)16-23-24(28)27(22-14-4-17(2)5-15-22)25(29-23)20-10-12-21(26)13-11-20/h4-16,25H,3H2,1-2H3/b23-16+/t25-/m0/s1. The molecule has 3 aromatic carbocycles. The van der Waals surface area contributed by atoms with Gasteiger partial charge >= 0.3 is 0 Å². The number of thioether (sulfide) groups is 1. The van der Waals surface area contributed by atoms with Crippen LogP contribution in [0.25, 0.3) is 6.08 Å². The van der Waals surface area contributed by atoms with E-state index >= 15 is 0 Å². The van der Waals surface area contributed by atoms with Crippen molar-refractivity contribution >= 4 is 41.0 Å². The van der Waals surface area contributed by atoms with Crippen LogP contribution in [0.4, 0.5) is 5.69 Å². The molecule has 1 atom stereocenters. The third kappa shape index (κ3) is 4.26. The highest BCUT2D eigenvalue weighted by Gasteiger charge is 2.38. The molecule has 4 rings (SSSR count). The molecule has 0 aliphatic carbocycles. The highest BCUT2D eigenvalue weighted by atomic mass is 35.5. The number of benzene rings is 3. The van der Waals surface area contributed by atoms with Crippen LogP contribution in [0.3, 0.4) is 0 Å². The molecule has 1 fully saturated rings. The summed E-state index contributed by atoms with van der Waals surface area (Å²) in [5.74, 6) is 0.0263. The summed E-state index contributed by atoms with van der Waals surface area (Å²) in [6.45, 7) is 4.19. The van der Waals surface area contributed by atoms with Crippen LogP contribution in [-0.2, 0) is 11.2 Å². The van der Waals surface area contributed by atoms with Gasteiger partial charge in [-0.1, -0.05) is 84.4 Å². The third-order valence-electron chi connectivity index (χ3n) is 5.06. The molecule has 1 aliphatic rings. The number of hydrogen-bond donors (Lipinski definition) is 0. The van der Waals surface area contributed by atoms with Crippen LogP contribution < -0.4 is 4.90 Å². The Hall–Kier alpha value is -2.49. The van der Waals surface area contributed by atoms with E-state index in [2.05, 4.69) is 31.2 Å². The highest BCUT2D eigenvalue weighted by molar-refractivity contribution is 8.05. The van der Waals surface area contributed by atoms with E-state index in [-0.39, 0.29) is 11.3 Å². The molecule has 3 aromatic rings. The molecule has 0 spiro atoms. The summed E-state index contributed by atoms with van der Waals surface area (Å²) in [5, 5.41) is 0.570. The van der Waals surface area contributed by atoms with Gasteiger partial charge in [0, 0.05) is 10.7 Å². The van der Waals surface area contributed by atoms with Crippen molar-refractivity contribution in [1.82, 2.24) is 0 Å². The second-order valence-electron chi connectivity index (χ2n) is 7.14. The fourth-order valence-corrected chi connectivity index (χ4v) is 4.73.